The van der Waals surface area contributed by atoms with Crippen LogP contribution in [0.5, 0.6) is 5.75 Å². The Hall–Kier alpha value is -3.60. The van der Waals surface area contributed by atoms with Gasteiger partial charge in [0.15, 0.2) is 0 Å². The molecule has 3 N–H and O–H groups in total. The second kappa shape index (κ2) is 8.64. The van der Waals surface area contributed by atoms with Gasteiger partial charge in [0.1, 0.15) is 30.1 Å². The molecule has 3 aromatic heterocycles. The number of hydrogen-bond acceptors (Lipinski definition) is 9. The van der Waals surface area contributed by atoms with Gasteiger partial charge in [-0.05, 0) is 48.9 Å². The van der Waals surface area contributed by atoms with Gasteiger partial charge in [-0.15, -0.1) is 11.3 Å². The number of aliphatic hydroxyl groups excluding tert-OH is 1. The number of anilines is 2. The molecule has 1 aliphatic heterocycles. The molecule has 0 aliphatic carbocycles. The molecule has 0 spiro atoms. The summed E-state index contributed by atoms with van der Waals surface area (Å²) in [5, 5.41) is 22.2. The number of thiazole rings is 1. The van der Waals surface area contributed by atoms with E-state index in [0.29, 0.717) is 24.5 Å². The molecule has 34 heavy (non-hydrogen) atoms. The number of aryl methyl sites for hydroxylation is 1. The number of piperidine rings is 1. The molecule has 0 unspecified atom stereocenters. The molecule has 1 saturated heterocycles. The second-order valence-corrected chi connectivity index (χ2v) is 9.26. The molecule has 10 heteroatoms. The standard InChI is InChI=1S/C24H23N7O2S/c1-31-11-15(9-29-31)14-6-18-23(21(7-14)33-20-4-5-25-10-19(20)32)24(27-12-26-18)30-16-2-3-17-22(8-16)34-13-28-17/h2-3,6-9,11-13,19-20,25,32H,4-5,10H2,1H3,(H,26,27,30)/t19-,20-/m0/s1. The number of nitrogens with one attached hydrogen (secondary N) is 2. The Morgan fingerprint density at radius 2 is 2.09 bits per heavy atom. The lowest BCUT2D eigenvalue weighted by atomic mass is 10.0. The van der Waals surface area contributed by atoms with Gasteiger partial charge in [-0.25, -0.2) is 15.0 Å². The monoisotopic (exact) mass is 473 g/mol. The van der Waals surface area contributed by atoms with Crippen molar-refractivity contribution >= 4 is 44.0 Å². The van der Waals surface area contributed by atoms with Crippen molar-refractivity contribution in [3.05, 3.63) is 54.6 Å². The number of rotatable bonds is 5. The van der Waals surface area contributed by atoms with Crippen molar-refractivity contribution in [2.45, 2.75) is 18.6 Å². The number of hydrogen-bond donors (Lipinski definition) is 3. The van der Waals surface area contributed by atoms with Crippen LogP contribution < -0.4 is 15.4 Å². The topological polar surface area (TPSA) is 110 Å². The van der Waals surface area contributed by atoms with E-state index in [4.69, 9.17) is 4.74 Å². The quantitative estimate of drug-likeness (QED) is 0.356. The fraction of sp³-hybridized carbons (Fsp3) is 0.250. The van der Waals surface area contributed by atoms with Gasteiger partial charge in [-0.3, -0.25) is 4.68 Å². The number of fused-ring (bicyclic) bond motifs is 2. The van der Waals surface area contributed by atoms with Crippen molar-refractivity contribution in [2.24, 2.45) is 7.05 Å². The molecular weight excluding hydrogens is 450 g/mol. The van der Waals surface area contributed by atoms with Gasteiger partial charge < -0.3 is 20.5 Å². The highest BCUT2D eigenvalue weighted by atomic mass is 32.1. The lowest BCUT2D eigenvalue weighted by molar-refractivity contribution is 0.0171. The first-order valence-corrected chi connectivity index (χ1v) is 12.0. The van der Waals surface area contributed by atoms with Crippen LogP contribution in [-0.4, -0.2) is 55.1 Å². The van der Waals surface area contributed by atoms with E-state index in [1.54, 1.807) is 22.3 Å². The first kappa shape index (κ1) is 21.0. The van der Waals surface area contributed by atoms with Gasteiger partial charge in [-0.2, -0.15) is 5.10 Å². The van der Waals surface area contributed by atoms with Crippen LogP contribution in [0.15, 0.2) is 54.6 Å². The third-order valence-electron chi connectivity index (χ3n) is 6.00. The second-order valence-electron chi connectivity index (χ2n) is 8.37. The summed E-state index contributed by atoms with van der Waals surface area (Å²) in [4.78, 5) is 13.4. The van der Waals surface area contributed by atoms with E-state index in [1.165, 1.54) is 0 Å². The molecule has 4 heterocycles. The summed E-state index contributed by atoms with van der Waals surface area (Å²) in [6, 6.07) is 10.0. The third-order valence-corrected chi connectivity index (χ3v) is 6.79. The van der Waals surface area contributed by atoms with E-state index in [2.05, 4.69) is 36.8 Å². The molecule has 172 valence electrons. The maximum atomic E-state index is 10.5. The molecular formula is C24H23N7O2S. The zero-order valence-electron chi connectivity index (χ0n) is 18.5. The molecule has 0 amide bonds. The smallest absolute Gasteiger partial charge is 0.145 e. The van der Waals surface area contributed by atoms with Gasteiger partial charge in [-0.1, -0.05) is 0 Å². The van der Waals surface area contributed by atoms with Crippen LogP contribution in [0, 0.1) is 0 Å². The van der Waals surface area contributed by atoms with Crippen LogP contribution in [0.1, 0.15) is 6.42 Å². The van der Waals surface area contributed by atoms with Crippen molar-refractivity contribution in [3.63, 3.8) is 0 Å². The summed E-state index contributed by atoms with van der Waals surface area (Å²) in [5.41, 5.74) is 6.36. The van der Waals surface area contributed by atoms with Gasteiger partial charge in [0.25, 0.3) is 0 Å². The molecule has 0 radical (unpaired) electrons. The van der Waals surface area contributed by atoms with Crippen LogP contribution in [0.2, 0.25) is 0 Å². The number of benzene rings is 2. The summed E-state index contributed by atoms with van der Waals surface area (Å²) in [7, 11) is 1.89. The summed E-state index contributed by atoms with van der Waals surface area (Å²) < 4.78 is 9.30. The number of ether oxygens (including phenoxy) is 1. The molecule has 5 aromatic rings. The summed E-state index contributed by atoms with van der Waals surface area (Å²) >= 11 is 1.59. The van der Waals surface area contributed by atoms with Crippen LogP contribution in [-0.2, 0) is 7.05 Å². The van der Waals surface area contributed by atoms with Crippen molar-refractivity contribution in [1.82, 2.24) is 30.0 Å². The Morgan fingerprint density at radius 1 is 1.15 bits per heavy atom. The highest BCUT2D eigenvalue weighted by molar-refractivity contribution is 7.16. The number of aliphatic hydroxyl groups is 1. The van der Waals surface area contributed by atoms with Crippen LogP contribution in [0.3, 0.4) is 0 Å². The largest absolute Gasteiger partial charge is 0.487 e. The maximum absolute atomic E-state index is 10.5. The van der Waals surface area contributed by atoms with E-state index in [0.717, 1.165) is 44.5 Å². The van der Waals surface area contributed by atoms with Gasteiger partial charge in [0.05, 0.1) is 32.8 Å². The van der Waals surface area contributed by atoms with E-state index in [1.807, 2.05) is 49.2 Å². The van der Waals surface area contributed by atoms with E-state index >= 15 is 0 Å². The highest BCUT2D eigenvalue weighted by Crippen LogP contribution is 2.37. The minimum Gasteiger partial charge on any atom is -0.487 e. The molecule has 6 rings (SSSR count). The Labute approximate surface area is 199 Å². The minimum absolute atomic E-state index is 0.324. The first-order chi connectivity index (χ1) is 16.6. The van der Waals surface area contributed by atoms with Crippen molar-refractivity contribution in [3.8, 4) is 16.9 Å². The molecule has 1 aliphatic rings. The normalized spacial score (nSPS) is 18.4. The molecule has 2 aromatic carbocycles. The lowest BCUT2D eigenvalue weighted by Crippen LogP contribution is -2.46. The van der Waals surface area contributed by atoms with Gasteiger partial charge in [0, 0.05) is 31.0 Å². The Kier molecular flexibility index (Phi) is 5.33. The van der Waals surface area contributed by atoms with Crippen LogP contribution in [0.4, 0.5) is 11.5 Å². The molecule has 0 saturated carbocycles. The minimum atomic E-state index is -0.597. The Bertz CT molecular complexity index is 1480. The predicted octanol–water partition coefficient (Wildman–Crippen LogP) is 3.49. The number of nitrogens with zero attached hydrogens (tertiary/aromatic N) is 5. The van der Waals surface area contributed by atoms with Crippen molar-refractivity contribution in [1.29, 1.82) is 0 Å². The summed E-state index contributed by atoms with van der Waals surface area (Å²) in [6.45, 7) is 1.29. The molecule has 2 atom stereocenters. The number of β-amino-alcohol motifs (C(OH)–C–C–N with tert-alkyl or cyclic N) is 1. The average molecular weight is 474 g/mol. The van der Waals surface area contributed by atoms with Gasteiger partial charge in [0.2, 0.25) is 0 Å². The SMILES string of the molecule is Cn1cc(-c2cc(O[C@H]3CCNC[C@@H]3O)c3c(Nc4ccc5ncsc5c4)ncnc3c2)cn1. The van der Waals surface area contributed by atoms with Crippen LogP contribution >= 0.6 is 11.3 Å². The summed E-state index contributed by atoms with van der Waals surface area (Å²) in [5.74, 6) is 1.27. The fourth-order valence-corrected chi connectivity index (χ4v) is 4.98. The van der Waals surface area contributed by atoms with Crippen molar-refractivity contribution in [2.75, 3.05) is 18.4 Å². The summed E-state index contributed by atoms with van der Waals surface area (Å²) in [6.07, 6.45) is 5.10. The zero-order chi connectivity index (χ0) is 23.1. The maximum Gasteiger partial charge on any atom is 0.145 e. The fourth-order valence-electron chi connectivity index (χ4n) is 4.27. The first-order valence-electron chi connectivity index (χ1n) is 11.1. The Morgan fingerprint density at radius 3 is 2.94 bits per heavy atom. The zero-order valence-corrected chi connectivity index (χ0v) is 19.3. The van der Waals surface area contributed by atoms with E-state index < -0.39 is 6.10 Å². The molecule has 1 fully saturated rings. The van der Waals surface area contributed by atoms with E-state index in [9.17, 15) is 5.11 Å². The molecule has 9 nitrogen and oxygen atoms in total. The highest BCUT2D eigenvalue weighted by Gasteiger charge is 2.26. The Balaban J connectivity index is 1.46. The number of aromatic nitrogens is 5. The average Bonchev–Trinajstić information content (AvgIpc) is 3.49. The van der Waals surface area contributed by atoms with Gasteiger partial charge >= 0.3 is 0 Å². The van der Waals surface area contributed by atoms with Crippen molar-refractivity contribution < 1.29 is 9.84 Å². The predicted molar refractivity (Wildman–Crippen MR) is 133 cm³/mol. The molecule has 0 bridgehead atoms. The lowest BCUT2D eigenvalue weighted by Gasteiger charge is -2.29. The van der Waals surface area contributed by atoms with E-state index in [-0.39, 0.29) is 6.10 Å². The third kappa shape index (κ3) is 3.96. The van der Waals surface area contributed by atoms with Crippen LogP contribution in [0.25, 0.3) is 32.2 Å².